The zero-order valence-electron chi connectivity index (χ0n) is 16.1. The quantitative estimate of drug-likeness (QED) is 0.390. The first-order valence-corrected chi connectivity index (χ1v) is 9.71. The topological polar surface area (TPSA) is 78.9 Å². The second-order valence-electron chi connectivity index (χ2n) is 6.44. The van der Waals surface area contributed by atoms with Crippen LogP contribution in [0.1, 0.15) is 35.7 Å². The van der Waals surface area contributed by atoms with E-state index in [-0.39, 0.29) is 19.0 Å². The van der Waals surface area contributed by atoms with Crippen molar-refractivity contribution in [2.45, 2.75) is 31.5 Å². The van der Waals surface area contributed by atoms with Crippen molar-refractivity contribution >= 4 is 29.3 Å². The maximum atomic E-state index is 13.1. The number of Topliss-reactive ketones (excluding diaryl/α,β-unsaturated/α-hetero) is 1. The summed E-state index contributed by atoms with van der Waals surface area (Å²) >= 11 is 6.37. The number of esters is 2. The molecule has 0 unspecified atom stereocenters. The number of carbonyl (C=O) groups is 3. The fourth-order valence-electron chi connectivity index (χ4n) is 3.47. The molecule has 0 bridgehead atoms. The van der Waals surface area contributed by atoms with Crippen LogP contribution in [0.2, 0.25) is 5.02 Å². The highest BCUT2D eigenvalue weighted by Gasteiger charge is 2.70. The molecule has 1 fully saturated rings. The van der Waals surface area contributed by atoms with E-state index in [1.165, 1.54) is 0 Å². The van der Waals surface area contributed by atoms with E-state index < -0.39 is 29.6 Å². The molecule has 1 aliphatic rings. The van der Waals surface area contributed by atoms with Gasteiger partial charge in [-0.05, 0) is 25.5 Å². The van der Waals surface area contributed by atoms with E-state index in [1.54, 1.807) is 68.4 Å². The Balaban J connectivity index is 2.11. The third-order valence-electron chi connectivity index (χ3n) is 4.77. The number of halogens is 1. The molecule has 152 valence electrons. The Labute approximate surface area is 173 Å². The molecule has 0 amide bonds. The summed E-state index contributed by atoms with van der Waals surface area (Å²) in [6.45, 7) is 3.31. The normalized spacial score (nSPS) is 19.7. The van der Waals surface area contributed by atoms with E-state index in [0.717, 1.165) is 0 Å². The smallest absolute Gasteiger partial charge is 0.351 e. The molecular weight excluding hydrogens is 396 g/mol. The van der Waals surface area contributed by atoms with Gasteiger partial charge in [0.25, 0.3) is 5.60 Å². The van der Waals surface area contributed by atoms with Gasteiger partial charge in [0.05, 0.1) is 19.1 Å². The van der Waals surface area contributed by atoms with Gasteiger partial charge in [-0.15, -0.1) is 0 Å². The maximum Gasteiger partial charge on any atom is 0.351 e. The molecule has 2 aromatic rings. The molecule has 6 nitrogen and oxygen atoms in total. The minimum atomic E-state index is -2.09. The van der Waals surface area contributed by atoms with Crippen LogP contribution in [0.25, 0.3) is 0 Å². The minimum Gasteiger partial charge on any atom is -0.463 e. The van der Waals surface area contributed by atoms with Crippen LogP contribution >= 0.6 is 11.6 Å². The molecule has 0 aromatic heterocycles. The summed E-state index contributed by atoms with van der Waals surface area (Å²) in [4.78, 5) is 38.8. The molecule has 3 rings (SSSR count). The fourth-order valence-corrected chi connectivity index (χ4v) is 3.73. The third kappa shape index (κ3) is 3.66. The monoisotopic (exact) mass is 416 g/mol. The average Bonchev–Trinajstić information content (AvgIpc) is 2.70. The van der Waals surface area contributed by atoms with Gasteiger partial charge in [-0.2, -0.15) is 0 Å². The molecular formula is C22H21ClO6. The van der Waals surface area contributed by atoms with Crippen molar-refractivity contribution in [1.82, 2.24) is 0 Å². The number of ether oxygens (including phenoxy) is 3. The Hall–Kier alpha value is -2.70. The van der Waals surface area contributed by atoms with Crippen molar-refractivity contribution in [1.29, 1.82) is 0 Å². The minimum absolute atomic E-state index is 0.0376. The van der Waals surface area contributed by atoms with Gasteiger partial charge in [0, 0.05) is 10.6 Å². The molecule has 0 radical (unpaired) electrons. The van der Waals surface area contributed by atoms with Gasteiger partial charge in [-0.3, -0.25) is 4.79 Å². The molecule has 2 aromatic carbocycles. The zero-order chi connectivity index (χ0) is 21.0. The van der Waals surface area contributed by atoms with Crippen molar-refractivity contribution < 1.29 is 28.6 Å². The van der Waals surface area contributed by atoms with Crippen molar-refractivity contribution in [2.75, 3.05) is 13.2 Å². The summed E-state index contributed by atoms with van der Waals surface area (Å²) in [6, 6.07) is 15.2. The largest absolute Gasteiger partial charge is 0.463 e. The Morgan fingerprint density at radius 1 is 0.931 bits per heavy atom. The molecule has 0 aliphatic carbocycles. The standard InChI is InChI=1S/C22H21ClO6/c1-3-27-20(25)22(21(26)28-4-2)17(15-12-8-9-13-16(15)23)19(29-22)18(24)14-10-6-5-7-11-14/h5-13,17,19H,3-4H2,1-2H3/t17-,19+/m1/s1. The molecule has 0 N–H and O–H groups in total. The van der Waals surface area contributed by atoms with Crippen LogP contribution in [0.15, 0.2) is 54.6 Å². The molecule has 0 spiro atoms. The number of carbonyl (C=O) groups excluding carboxylic acids is 3. The predicted octanol–water partition coefficient (Wildman–Crippen LogP) is 3.57. The van der Waals surface area contributed by atoms with E-state index in [9.17, 15) is 14.4 Å². The second-order valence-corrected chi connectivity index (χ2v) is 6.85. The van der Waals surface area contributed by atoms with E-state index in [4.69, 9.17) is 25.8 Å². The summed E-state index contributed by atoms with van der Waals surface area (Å²) in [5, 5.41) is 0.310. The zero-order valence-corrected chi connectivity index (χ0v) is 16.8. The van der Waals surface area contributed by atoms with Gasteiger partial charge in [0.15, 0.2) is 5.78 Å². The predicted molar refractivity (Wildman–Crippen MR) is 106 cm³/mol. The first-order chi connectivity index (χ1) is 14.0. The molecule has 7 heteroatoms. The van der Waals surface area contributed by atoms with Crippen LogP contribution in [-0.2, 0) is 23.8 Å². The average molecular weight is 417 g/mol. The Morgan fingerprint density at radius 3 is 2.03 bits per heavy atom. The van der Waals surface area contributed by atoms with Crippen molar-refractivity contribution in [2.24, 2.45) is 0 Å². The van der Waals surface area contributed by atoms with Gasteiger partial charge in [-0.25, -0.2) is 9.59 Å². The molecule has 29 heavy (non-hydrogen) atoms. The number of hydrogen-bond acceptors (Lipinski definition) is 6. The molecule has 0 saturated carbocycles. The fraction of sp³-hybridized carbons (Fsp3) is 0.318. The van der Waals surface area contributed by atoms with Crippen molar-refractivity contribution in [3.8, 4) is 0 Å². The molecule has 2 atom stereocenters. The van der Waals surface area contributed by atoms with Crippen molar-refractivity contribution in [3.05, 3.63) is 70.7 Å². The van der Waals surface area contributed by atoms with Crippen LogP contribution in [0.5, 0.6) is 0 Å². The number of benzene rings is 2. The third-order valence-corrected chi connectivity index (χ3v) is 5.11. The molecule has 1 aliphatic heterocycles. The van der Waals surface area contributed by atoms with Gasteiger partial charge >= 0.3 is 11.9 Å². The lowest BCUT2D eigenvalue weighted by Gasteiger charge is -2.50. The van der Waals surface area contributed by atoms with Crippen molar-refractivity contribution in [3.63, 3.8) is 0 Å². The highest BCUT2D eigenvalue weighted by atomic mass is 35.5. The molecule has 1 heterocycles. The first kappa shape index (κ1) is 21.0. The van der Waals surface area contributed by atoms with Crippen LogP contribution in [0.3, 0.4) is 0 Å². The van der Waals surface area contributed by atoms with E-state index in [1.807, 2.05) is 0 Å². The van der Waals surface area contributed by atoms with Gasteiger partial charge in [0.1, 0.15) is 6.10 Å². The van der Waals surface area contributed by atoms with E-state index in [2.05, 4.69) is 0 Å². The molecule has 1 saturated heterocycles. The lowest BCUT2D eigenvalue weighted by atomic mass is 9.70. The van der Waals surface area contributed by atoms with Crippen LogP contribution in [-0.4, -0.2) is 42.6 Å². The van der Waals surface area contributed by atoms with Gasteiger partial charge < -0.3 is 14.2 Å². The summed E-state index contributed by atoms with van der Waals surface area (Å²) in [5.41, 5.74) is -1.25. The number of hydrogen-bond donors (Lipinski definition) is 0. The van der Waals surface area contributed by atoms with Gasteiger partial charge in [-0.1, -0.05) is 60.1 Å². The Kier molecular flexibility index (Phi) is 6.35. The highest BCUT2D eigenvalue weighted by molar-refractivity contribution is 6.31. The number of ketones is 1. The Bertz CT molecular complexity index is 893. The maximum absolute atomic E-state index is 13.1. The highest BCUT2D eigenvalue weighted by Crippen LogP contribution is 2.51. The first-order valence-electron chi connectivity index (χ1n) is 9.33. The summed E-state index contributed by atoms with van der Waals surface area (Å²) in [7, 11) is 0. The lowest BCUT2D eigenvalue weighted by Crippen LogP contribution is -2.70. The second kappa shape index (κ2) is 8.76. The summed E-state index contributed by atoms with van der Waals surface area (Å²) in [5.74, 6) is -3.15. The van der Waals surface area contributed by atoms with Gasteiger partial charge in [0.2, 0.25) is 0 Å². The summed E-state index contributed by atoms with van der Waals surface area (Å²) < 4.78 is 16.0. The Morgan fingerprint density at radius 2 is 1.48 bits per heavy atom. The van der Waals surface area contributed by atoms with Crippen LogP contribution in [0, 0.1) is 0 Å². The lowest BCUT2D eigenvalue weighted by molar-refractivity contribution is -0.236. The SMILES string of the molecule is CCOC(=O)C1(C(=O)OCC)O[C@H](C(=O)c2ccccc2)[C@H]1c1ccccc1Cl. The van der Waals surface area contributed by atoms with Crippen LogP contribution < -0.4 is 0 Å². The number of rotatable bonds is 7. The van der Waals surface area contributed by atoms with E-state index >= 15 is 0 Å². The summed E-state index contributed by atoms with van der Waals surface area (Å²) in [6.07, 6.45) is -1.09. The van der Waals surface area contributed by atoms with Crippen LogP contribution in [0.4, 0.5) is 0 Å². The van der Waals surface area contributed by atoms with E-state index in [0.29, 0.717) is 16.1 Å².